The Bertz CT molecular complexity index is 1450. The number of rotatable bonds is 7. The number of carbonyl (C=O) groups is 4. The second-order valence-corrected chi connectivity index (χ2v) is 12.5. The van der Waals surface area contributed by atoms with Crippen LogP contribution in [-0.4, -0.2) is 63.8 Å². The van der Waals surface area contributed by atoms with Crippen LogP contribution < -0.4 is 5.32 Å². The number of benzene rings is 2. The molecule has 3 aliphatic rings. The van der Waals surface area contributed by atoms with E-state index in [1.54, 1.807) is 0 Å². The minimum absolute atomic E-state index is 0.0591. The number of hydrogen-bond acceptors (Lipinski definition) is 4. The Morgan fingerprint density at radius 3 is 2.38 bits per heavy atom. The van der Waals surface area contributed by atoms with E-state index < -0.39 is 48.1 Å². The number of nitrogens with one attached hydrogen (secondary N) is 1. The summed E-state index contributed by atoms with van der Waals surface area (Å²) in [5.41, 5.74) is 2.23. The molecule has 2 saturated heterocycles. The van der Waals surface area contributed by atoms with Gasteiger partial charge in [0.25, 0.3) is 0 Å². The Balaban J connectivity index is 1.49. The standard InChI is InChI=1S/C32H37F2N3O5/c1-16-8-6-9-17(2)26(16)19-12-20(28(34)22(33)13-19)23(14-25(39)40)35-30(41)29-27-21(32(27,4)5)15-37(29)31(42)24-10-7-11-36(24)18(3)38/h6,8-9,12-13,21,23-24,27,29H,7,10-11,14-15H2,1-5H3,(H,35,41)(H,39,40)/t21-,23-,24+,27-,29-/m0/s1. The third-order valence-corrected chi connectivity index (χ3v) is 9.60. The average molecular weight is 582 g/mol. The van der Waals surface area contributed by atoms with E-state index >= 15 is 8.78 Å². The van der Waals surface area contributed by atoms with Crippen molar-refractivity contribution in [1.82, 2.24) is 15.1 Å². The van der Waals surface area contributed by atoms with Crippen molar-refractivity contribution in [2.45, 2.75) is 72.0 Å². The Hall–Kier alpha value is -3.82. The first-order chi connectivity index (χ1) is 19.7. The molecule has 0 bridgehead atoms. The fourth-order valence-electron chi connectivity index (χ4n) is 7.35. The van der Waals surface area contributed by atoms with Crippen LogP contribution in [0.2, 0.25) is 0 Å². The Morgan fingerprint density at radius 1 is 1.10 bits per heavy atom. The molecule has 224 valence electrons. The highest BCUT2D eigenvalue weighted by Gasteiger charge is 2.69. The number of carbonyl (C=O) groups excluding carboxylic acids is 3. The summed E-state index contributed by atoms with van der Waals surface area (Å²) in [6, 6.07) is 5.05. The van der Waals surface area contributed by atoms with Gasteiger partial charge in [-0.3, -0.25) is 19.2 Å². The number of carboxylic acid groups (broad SMARTS) is 1. The van der Waals surface area contributed by atoms with E-state index in [4.69, 9.17) is 0 Å². The maximum atomic E-state index is 15.3. The first-order valence-corrected chi connectivity index (χ1v) is 14.4. The number of fused-ring (bicyclic) bond motifs is 1. The predicted octanol–water partition coefficient (Wildman–Crippen LogP) is 4.37. The van der Waals surface area contributed by atoms with Crippen molar-refractivity contribution in [1.29, 1.82) is 0 Å². The Kier molecular flexibility index (Phi) is 7.62. The SMILES string of the molecule is CC(=O)N1CCC[C@@H]1C(=O)N1C[C@H]2[C@@H]([C@H]1C(=O)N[C@@H](CC(=O)O)c1cc(-c3c(C)cccc3C)cc(F)c1F)C2(C)C. The first-order valence-electron chi connectivity index (χ1n) is 14.4. The zero-order chi connectivity index (χ0) is 30.7. The van der Waals surface area contributed by atoms with Crippen LogP contribution in [0.1, 0.15) is 62.8 Å². The maximum absolute atomic E-state index is 15.3. The molecule has 0 radical (unpaired) electrons. The summed E-state index contributed by atoms with van der Waals surface area (Å²) in [7, 11) is 0. The third kappa shape index (κ3) is 5.05. The second-order valence-electron chi connectivity index (χ2n) is 12.5. The summed E-state index contributed by atoms with van der Waals surface area (Å²) in [5.74, 6) is -4.94. The van der Waals surface area contributed by atoms with E-state index in [2.05, 4.69) is 5.32 Å². The molecule has 2 N–H and O–H groups in total. The van der Waals surface area contributed by atoms with Crippen molar-refractivity contribution in [2.75, 3.05) is 13.1 Å². The van der Waals surface area contributed by atoms with Gasteiger partial charge >= 0.3 is 5.97 Å². The van der Waals surface area contributed by atoms with E-state index in [0.717, 1.165) is 17.2 Å². The van der Waals surface area contributed by atoms with Gasteiger partial charge in [0.15, 0.2) is 11.6 Å². The molecule has 10 heteroatoms. The van der Waals surface area contributed by atoms with Crippen molar-refractivity contribution in [2.24, 2.45) is 17.3 Å². The van der Waals surface area contributed by atoms with E-state index in [1.807, 2.05) is 45.9 Å². The third-order valence-electron chi connectivity index (χ3n) is 9.60. The molecule has 42 heavy (non-hydrogen) atoms. The van der Waals surface area contributed by atoms with Crippen molar-refractivity contribution < 1.29 is 33.1 Å². The molecule has 2 aromatic rings. The Morgan fingerprint density at radius 2 is 1.76 bits per heavy atom. The zero-order valence-electron chi connectivity index (χ0n) is 24.5. The van der Waals surface area contributed by atoms with Gasteiger partial charge in [0.2, 0.25) is 17.7 Å². The lowest BCUT2D eigenvalue weighted by Crippen LogP contribution is -2.55. The van der Waals surface area contributed by atoms with Crippen molar-refractivity contribution in [3.63, 3.8) is 0 Å². The highest BCUT2D eigenvalue weighted by molar-refractivity contribution is 5.94. The molecule has 0 unspecified atom stereocenters. The maximum Gasteiger partial charge on any atom is 0.305 e. The fraction of sp³-hybridized carbons (Fsp3) is 0.500. The molecule has 1 saturated carbocycles. The molecule has 8 nitrogen and oxygen atoms in total. The first kappa shape index (κ1) is 29.7. The van der Waals surface area contributed by atoms with Crippen LogP contribution >= 0.6 is 0 Å². The van der Waals surface area contributed by atoms with E-state index in [9.17, 15) is 24.3 Å². The summed E-state index contributed by atoms with van der Waals surface area (Å²) >= 11 is 0. The molecule has 0 spiro atoms. The summed E-state index contributed by atoms with van der Waals surface area (Å²) in [5, 5.41) is 12.4. The number of hydrogen-bond donors (Lipinski definition) is 2. The van der Waals surface area contributed by atoms with Gasteiger partial charge < -0.3 is 20.2 Å². The molecule has 0 aromatic heterocycles. The highest BCUT2D eigenvalue weighted by atomic mass is 19.2. The molecule has 3 amide bonds. The molecule has 5 rings (SSSR count). The number of carboxylic acids is 1. The van der Waals surface area contributed by atoms with Crippen LogP contribution in [0.5, 0.6) is 0 Å². The largest absolute Gasteiger partial charge is 0.481 e. The quantitative estimate of drug-likeness (QED) is 0.505. The molecular formula is C32H37F2N3O5. The second kappa shape index (κ2) is 10.8. The van der Waals surface area contributed by atoms with E-state index in [1.165, 1.54) is 22.8 Å². The average Bonchev–Trinajstić information content (AvgIpc) is 3.33. The zero-order valence-corrected chi connectivity index (χ0v) is 24.5. The van der Waals surface area contributed by atoms with Gasteiger partial charge in [0, 0.05) is 25.6 Å². The molecular weight excluding hydrogens is 544 g/mol. The van der Waals surface area contributed by atoms with Crippen LogP contribution in [0.25, 0.3) is 11.1 Å². The lowest BCUT2D eigenvalue weighted by molar-refractivity contribution is -0.147. The van der Waals surface area contributed by atoms with E-state index in [-0.39, 0.29) is 34.6 Å². The van der Waals surface area contributed by atoms with Gasteiger partial charge in [-0.25, -0.2) is 8.78 Å². The highest BCUT2D eigenvalue weighted by Crippen LogP contribution is 2.65. The molecule has 2 heterocycles. The minimum Gasteiger partial charge on any atom is -0.481 e. The number of likely N-dealkylation sites (tertiary alicyclic amines) is 2. The predicted molar refractivity (Wildman–Crippen MR) is 151 cm³/mol. The molecule has 2 aromatic carbocycles. The van der Waals surface area contributed by atoms with Crippen LogP contribution in [0, 0.1) is 42.7 Å². The summed E-state index contributed by atoms with van der Waals surface area (Å²) < 4.78 is 30.4. The fourth-order valence-corrected chi connectivity index (χ4v) is 7.35. The lowest BCUT2D eigenvalue weighted by Gasteiger charge is -2.35. The van der Waals surface area contributed by atoms with E-state index in [0.29, 0.717) is 37.1 Å². The minimum atomic E-state index is -1.38. The number of amides is 3. The number of aliphatic carboxylic acids is 1. The summed E-state index contributed by atoms with van der Waals surface area (Å²) in [6.07, 6.45) is 0.498. The summed E-state index contributed by atoms with van der Waals surface area (Å²) in [6.45, 7) is 9.94. The van der Waals surface area contributed by atoms with Crippen molar-refractivity contribution in [3.8, 4) is 11.1 Å². The van der Waals surface area contributed by atoms with Crippen LogP contribution in [0.3, 0.4) is 0 Å². The summed E-state index contributed by atoms with van der Waals surface area (Å²) in [4.78, 5) is 54.7. The van der Waals surface area contributed by atoms with Gasteiger partial charge in [-0.2, -0.15) is 0 Å². The number of nitrogens with zero attached hydrogens (tertiary/aromatic N) is 2. The van der Waals surface area contributed by atoms with Crippen LogP contribution in [0.15, 0.2) is 30.3 Å². The van der Waals surface area contributed by atoms with Gasteiger partial charge in [-0.1, -0.05) is 32.0 Å². The normalized spacial score (nSPS) is 24.7. The van der Waals surface area contributed by atoms with Gasteiger partial charge in [0.1, 0.15) is 12.1 Å². The van der Waals surface area contributed by atoms with Crippen LogP contribution in [-0.2, 0) is 19.2 Å². The topological polar surface area (TPSA) is 107 Å². The van der Waals surface area contributed by atoms with Crippen molar-refractivity contribution in [3.05, 3.63) is 58.7 Å². The number of piperidine rings is 1. The number of aryl methyl sites for hydroxylation is 2. The lowest BCUT2D eigenvalue weighted by atomic mass is 9.91. The van der Waals surface area contributed by atoms with Gasteiger partial charge in [-0.15, -0.1) is 0 Å². The van der Waals surface area contributed by atoms with Gasteiger partial charge in [-0.05, 0) is 78.3 Å². The van der Waals surface area contributed by atoms with Crippen LogP contribution in [0.4, 0.5) is 8.78 Å². The number of halogens is 2. The molecule has 3 fully saturated rings. The smallest absolute Gasteiger partial charge is 0.305 e. The van der Waals surface area contributed by atoms with Crippen molar-refractivity contribution >= 4 is 23.7 Å². The Labute approximate surface area is 244 Å². The molecule has 2 aliphatic heterocycles. The molecule has 1 aliphatic carbocycles. The monoisotopic (exact) mass is 581 g/mol. The van der Waals surface area contributed by atoms with Gasteiger partial charge in [0.05, 0.1) is 12.5 Å². The molecule has 5 atom stereocenters.